The molecule has 0 fully saturated rings. The van der Waals surface area contributed by atoms with Crippen LogP contribution in [0.25, 0.3) is 241 Å². The maximum absolute atomic E-state index is 5.78. The summed E-state index contributed by atoms with van der Waals surface area (Å²) in [5, 5.41) is 26.0. The normalized spacial score (nSPS) is 12.5. The molecule has 0 unspecified atom stereocenters. The van der Waals surface area contributed by atoms with Gasteiger partial charge in [0.05, 0.1) is 77.6 Å². The van der Waals surface area contributed by atoms with Gasteiger partial charge in [-0.2, -0.15) is 0 Å². The van der Waals surface area contributed by atoms with E-state index in [1.807, 2.05) is 0 Å². The van der Waals surface area contributed by atoms with Crippen LogP contribution in [0.4, 0.5) is 0 Å². The van der Waals surface area contributed by atoms with Crippen LogP contribution in [0.15, 0.2) is 328 Å². The third-order valence-corrected chi connectivity index (χ3v) is 23.4. The van der Waals surface area contributed by atoms with E-state index in [0.717, 1.165) is 110 Å². The second-order valence-corrected chi connectivity index (χ2v) is 28.6. The predicted molar refractivity (Wildman–Crippen MR) is 442 cm³/mol. The van der Waals surface area contributed by atoms with E-state index >= 15 is 0 Å². The van der Waals surface area contributed by atoms with E-state index in [9.17, 15) is 0 Å². The Labute approximate surface area is 603 Å². The molecule has 25 aromatic rings. The van der Waals surface area contributed by atoms with Crippen molar-refractivity contribution in [3.05, 3.63) is 328 Å². The lowest BCUT2D eigenvalue weighted by atomic mass is 9.90. The van der Waals surface area contributed by atoms with Crippen molar-refractivity contribution < 1.29 is 0 Å². The minimum atomic E-state index is 0.634. The van der Waals surface area contributed by atoms with Crippen LogP contribution in [-0.4, -0.2) is 37.9 Å². The number of benzene rings is 17. The fourth-order valence-corrected chi connectivity index (χ4v) is 19.0. The molecule has 0 bridgehead atoms. The Balaban J connectivity index is 0.654. The molecule has 8 nitrogen and oxygen atoms in total. The summed E-state index contributed by atoms with van der Waals surface area (Å²) in [5.41, 5.74) is 21.7. The lowest BCUT2D eigenvalue weighted by molar-refractivity contribution is 1.02. The van der Waals surface area contributed by atoms with Gasteiger partial charge in [-0.05, 0) is 109 Å². The average molecular weight is 1340 g/mol. The predicted octanol–water partition coefficient (Wildman–Crippen LogP) is 25.3. The lowest BCUT2D eigenvalue weighted by Gasteiger charge is -2.15. The molecule has 8 aromatic heterocycles. The summed E-state index contributed by atoms with van der Waals surface area (Å²) in [6.45, 7) is 0. The minimum absolute atomic E-state index is 0.634. The molecule has 0 spiro atoms. The summed E-state index contributed by atoms with van der Waals surface area (Å²) in [6, 6.07) is 120. The van der Waals surface area contributed by atoms with Crippen LogP contribution in [0.1, 0.15) is 0 Å². The summed E-state index contributed by atoms with van der Waals surface area (Å²) < 4.78 is 9.77. The van der Waals surface area contributed by atoms with Crippen molar-refractivity contribution >= 4 is 185 Å². The molecule has 25 rings (SSSR count). The molecule has 0 amide bonds. The van der Waals surface area contributed by atoms with Crippen LogP contribution < -0.4 is 0 Å². The zero-order valence-electron chi connectivity index (χ0n) is 56.8. The molecular weight excluding hydrogens is 1290 g/mol. The maximum atomic E-state index is 5.78. The van der Waals surface area contributed by atoms with Crippen molar-refractivity contribution in [2.45, 2.75) is 0 Å². The van der Waals surface area contributed by atoms with Crippen LogP contribution in [0, 0.1) is 0 Å². The van der Waals surface area contributed by atoms with Gasteiger partial charge in [-0.3, -0.25) is 9.13 Å². The monoisotopic (exact) mass is 1340 g/mol. The second-order valence-electron chi connectivity index (χ2n) is 28.6. The van der Waals surface area contributed by atoms with Gasteiger partial charge in [-0.15, -0.1) is 0 Å². The maximum Gasteiger partial charge on any atom is 0.235 e. The van der Waals surface area contributed by atoms with Crippen molar-refractivity contribution in [1.29, 1.82) is 0 Å². The fraction of sp³-hybridized carbons (Fsp3) is 0. The highest BCUT2D eigenvalue weighted by atomic mass is 15.2. The molecular formula is C98H54N8. The molecule has 0 saturated carbocycles. The van der Waals surface area contributed by atoms with Gasteiger partial charge in [0.2, 0.25) is 11.9 Å². The van der Waals surface area contributed by atoms with Crippen molar-refractivity contribution in [3.63, 3.8) is 0 Å². The highest BCUT2D eigenvalue weighted by Gasteiger charge is 2.30. The van der Waals surface area contributed by atoms with Gasteiger partial charge in [0, 0.05) is 97.3 Å². The Hall–Kier alpha value is -14.3. The third kappa shape index (κ3) is 7.35. The van der Waals surface area contributed by atoms with Gasteiger partial charge in [-0.1, -0.05) is 273 Å². The van der Waals surface area contributed by atoms with Gasteiger partial charge < -0.3 is 8.80 Å². The molecule has 0 saturated heterocycles. The van der Waals surface area contributed by atoms with E-state index in [2.05, 4.69) is 346 Å². The topological polar surface area (TPSA) is 70.2 Å². The number of aromatic nitrogens is 8. The quantitative estimate of drug-likeness (QED) is 0.156. The van der Waals surface area contributed by atoms with E-state index in [1.54, 1.807) is 0 Å². The van der Waals surface area contributed by atoms with Crippen molar-refractivity contribution in [2.24, 2.45) is 0 Å². The second kappa shape index (κ2) is 20.7. The van der Waals surface area contributed by atoms with Gasteiger partial charge in [0.15, 0.2) is 0 Å². The summed E-state index contributed by atoms with van der Waals surface area (Å²) in [6.07, 6.45) is 0. The van der Waals surface area contributed by atoms with Gasteiger partial charge in [0.1, 0.15) is 0 Å². The van der Waals surface area contributed by atoms with Crippen LogP contribution in [0.5, 0.6) is 0 Å². The minimum Gasteiger partial charge on any atom is -0.307 e. The number of nitrogens with zero attached hydrogens (tertiary/aromatic N) is 8. The first-order chi connectivity index (χ1) is 52.6. The van der Waals surface area contributed by atoms with E-state index < -0.39 is 0 Å². The lowest BCUT2D eigenvalue weighted by Crippen LogP contribution is -2.04. The molecule has 0 N–H and O–H groups in total. The molecule has 0 aliphatic rings. The Bertz CT molecular complexity index is 8210. The zero-order valence-corrected chi connectivity index (χ0v) is 56.8. The number of rotatable bonds is 6. The van der Waals surface area contributed by atoms with Crippen molar-refractivity contribution in [2.75, 3.05) is 0 Å². The highest BCUT2D eigenvalue weighted by molar-refractivity contribution is 6.38. The SMILES string of the molecule is c1ccc(-c2cccc3c2ccc2c4cc5c6ccccc6n(-c6nc(-c7cc8ccccc8c8ccccc78)c7ccccc7n6)c5c5c6ccccc6n(c32)c45)c(-c2ccc(-c3nc(-n4c5ccccc5c5cc6c7ccc8ccccc8c7n7c8ccccc8c(c54)c67)nc4ccccc34)cc2)c1. The van der Waals surface area contributed by atoms with Gasteiger partial charge in [0.25, 0.3) is 0 Å². The molecule has 8 heteroatoms. The van der Waals surface area contributed by atoms with Gasteiger partial charge in [-0.25, -0.2) is 19.9 Å². The summed E-state index contributed by atoms with van der Waals surface area (Å²) in [4.78, 5) is 22.6. The van der Waals surface area contributed by atoms with E-state index in [1.165, 1.54) is 119 Å². The Kier molecular flexibility index (Phi) is 11.0. The first-order valence-corrected chi connectivity index (χ1v) is 36.4. The summed E-state index contributed by atoms with van der Waals surface area (Å²) in [5.74, 6) is 1.27. The van der Waals surface area contributed by atoms with E-state index in [-0.39, 0.29) is 0 Å². The fourth-order valence-electron chi connectivity index (χ4n) is 19.0. The first kappa shape index (κ1) is 56.3. The van der Waals surface area contributed by atoms with Crippen LogP contribution >= 0.6 is 0 Å². The Morgan fingerprint density at radius 2 is 0.594 bits per heavy atom. The number of hydrogen-bond donors (Lipinski definition) is 0. The molecule has 0 aliphatic heterocycles. The Morgan fingerprint density at radius 1 is 0.189 bits per heavy atom. The molecule has 17 aromatic carbocycles. The summed E-state index contributed by atoms with van der Waals surface area (Å²) >= 11 is 0. The molecule has 106 heavy (non-hydrogen) atoms. The number of hydrogen-bond acceptors (Lipinski definition) is 4. The van der Waals surface area contributed by atoms with Crippen molar-refractivity contribution in [1.82, 2.24) is 37.9 Å². The smallest absolute Gasteiger partial charge is 0.235 e. The largest absolute Gasteiger partial charge is 0.307 e. The molecule has 0 aliphatic carbocycles. The highest BCUT2D eigenvalue weighted by Crippen LogP contribution is 2.52. The van der Waals surface area contributed by atoms with Crippen LogP contribution in [-0.2, 0) is 0 Å². The number of fused-ring (bicyclic) bond motifs is 29. The van der Waals surface area contributed by atoms with E-state index in [0.29, 0.717) is 11.9 Å². The molecule has 0 atom stereocenters. The van der Waals surface area contributed by atoms with Crippen LogP contribution in [0.3, 0.4) is 0 Å². The molecule has 8 heterocycles. The zero-order chi connectivity index (χ0) is 68.7. The van der Waals surface area contributed by atoms with Crippen molar-refractivity contribution in [3.8, 4) is 56.7 Å². The molecule has 0 radical (unpaired) electrons. The summed E-state index contributed by atoms with van der Waals surface area (Å²) in [7, 11) is 0. The average Bonchev–Trinajstić information content (AvgIpc) is 1.52. The van der Waals surface area contributed by atoms with E-state index in [4.69, 9.17) is 19.9 Å². The first-order valence-electron chi connectivity index (χ1n) is 36.4. The molecule has 486 valence electrons. The standard InChI is InChI=1S/C98H54N8/c1-4-26-61-55(22-1)48-49-70-79-53-77-67-30-11-17-40-83(67)105(95(77)87-74-34-13-19-42-85(74)103(91(61)70)93(79)87)97-99-81-38-15-9-32-72(81)89(101-97)57-46-44-56(45-47-57)59-24-5-6-27-62(59)64-36-21-37-69-66(64)50-51-71-80-54-78-68-31-12-18-41-84(68)106(96(78)88-75-35-14-20-43-86(75)104(92(69)71)94(80)88)98-100-82-39-16-10-33-73(82)90(102-98)76-52-58-23-2-3-25-60(58)63-28-7-8-29-65(63)76/h1-54H. The van der Waals surface area contributed by atoms with Crippen LogP contribution in [0.2, 0.25) is 0 Å². The Morgan fingerprint density at radius 3 is 1.23 bits per heavy atom. The number of para-hydroxylation sites is 6. The van der Waals surface area contributed by atoms with Gasteiger partial charge >= 0.3 is 0 Å². The third-order valence-electron chi connectivity index (χ3n) is 23.4.